The molecule has 1 heterocycles. The van der Waals surface area contributed by atoms with Crippen molar-refractivity contribution >= 4 is 18.3 Å². The second kappa shape index (κ2) is 8.07. The van der Waals surface area contributed by atoms with Gasteiger partial charge in [-0.25, -0.2) is 0 Å². The molecule has 0 spiro atoms. The lowest BCUT2D eigenvalue weighted by Crippen LogP contribution is -2.43. The Kier molecular flexibility index (Phi) is 7.58. The molecule has 0 aliphatic carbocycles. The van der Waals surface area contributed by atoms with E-state index < -0.39 is 6.04 Å². The molecule has 0 bridgehead atoms. The van der Waals surface area contributed by atoms with Crippen LogP contribution in [-0.4, -0.2) is 35.4 Å². The van der Waals surface area contributed by atoms with Crippen LogP contribution in [0.2, 0.25) is 0 Å². The molecule has 18 heavy (non-hydrogen) atoms. The molecule has 1 amide bonds. The smallest absolute Gasteiger partial charge is 0.239 e. The molecule has 1 atom stereocenters. The fourth-order valence-electron chi connectivity index (χ4n) is 1.60. The van der Waals surface area contributed by atoms with Gasteiger partial charge in [0.15, 0.2) is 0 Å². The molecular formula is C11H21ClN4O2. The number of carbonyl (C=O) groups excluding carboxylic acids is 1. The number of amides is 1. The Morgan fingerprint density at radius 2 is 2.33 bits per heavy atom. The third-order valence-electron chi connectivity index (χ3n) is 2.46. The van der Waals surface area contributed by atoms with E-state index in [4.69, 9.17) is 10.5 Å². The summed E-state index contributed by atoms with van der Waals surface area (Å²) in [5.41, 5.74) is 7.62. The third kappa shape index (κ3) is 4.64. The molecule has 0 radical (unpaired) electrons. The Labute approximate surface area is 113 Å². The minimum absolute atomic E-state index is 0. The van der Waals surface area contributed by atoms with Crippen LogP contribution in [0.5, 0.6) is 0 Å². The van der Waals surface area contributed by atoms with Gasteiger partial charge in [0, 0.05) is 32.5 Å². The number of methoxy groups -OCH3 is 1. The van der Waals surface area contributed by atoms with Crippen molar-refractivity contribution in [1.82, 2.24) is 15.1 Å². The standard InChI is InChI=1S/C11H20N4O2.ClH/c1-4-10-8(6-15(2)14-10)5-13-11(16)9(12)7-17-3;/h6,9H,4-5,7,12H2,1-3H3,(H,13,16);1H. The first kappa shape index (κ1) is 16.9. The van der Waals surface area contributed by atoms with E-state index in [2.05, 4.69) is 10.4 Å². The maximum Gasteiger partial charge on any atom is 0.239 e. The monoisotopic (exact) mass is 276 g/mol. The van der Waals surface area contributed by atoms with Gasteiger partial charge in [-0.1, -0.05) is 6.92 Å². The minimum atomic E-state index is -0.623. The van der Waals surface area contributed by atoms with Gasteiger partial charge in [0.1, 0.15) is 6.04 Å². The van der Waals surface area contributed by atoms with Gasteiger partial charge in [-0.3, -0.25) is 9.48 Å². The largest absolute Gasteiger partial charge is 0.383 e. The van der Waals surface area contributed by atoms with Gasteiger partial charge in [0.05, 0.1) is 12.3 Å². The molecule has 104 valence electrons. The number of rotatable bonds is 6. The lowest BCUT2D eigenvalue weighted by molar-refractivity contribution is -0.123. The summed E-state index contributed by atoms with van der Waals surface area (Å²) in [6, 6.07) is -0.623. The van der Waals surface area contributed by atoms with Crippen molar-refractivity contribution in [3.63, 3.8) is 0 Å². The number of aryl methyl sites for hydroxylation is 2. The number of carbonyl (C=O) groups is 1. The van der Waals surface area contributed by atoms with Crippen LogP contribution in [0.15, 0.2) is 6.20 Å². The summed E-state index contributed by atoms with van der Waals surface area (Å²) in [6.45, 7) is 2.71. The van der Waals surface area contributed by atoms with Crippen LogP contribution in [0.4, 0.5) is 0 Å². The summed E-state index contributed by atoms with van der Waals surface area (Å²) < 4.78 is 6.57. The molecule has 1 rings (SSSR count). The highest BCUT2D eigenvalue weighted by Crippen LogP contribution is 2.06. The van der Waals surface area contributed by atoms with Gasteiger partial charge in [0.25, 0.3) is 0 Å². The van der Waals surface area contributed by atoms with Crippen LogP contribution in [-0.2, 0) is 29.5 Å². The van der Waals surface area contributed by atoms with Gasteiger partial charge in [0.2, 0.25) is 5.91 Å². The second-order valence-corrected chi connectivity index (χ2v) is 3.91. The Balaban J connectivity index is 0.00000289. The first-order valence-corrected chi connectivity index (χ1v) is 5.62. The van der Waals surface area contributed by atoms with E-state index >= 15 is 0 Å². The molecule has 1 aromatic rings. The number of ether oxygens (including phenoxy) is 1. The quantitative estimate of drug-likeness (QED) is 0.766. The first-order chi connectivity index (χ1) is 8.08. The minimum Gasteiger partial charge on any atom is -0.383 e. The van der Waals surface area contributed by atoms with E-state index in [1.807, 2.05) is 20.2 Å². The van der Waals surface area contributed by atoms with Crippen molar-refractivity contribution in [3.05, 3.63) is 17.5 Å². The second-order valence-electron chi connectivity index (χ2n) is 3.91. The normalized spacial score (nSPS) is 11.8. The van der Waals surface area contributed by atoms with Crippen LogP contribution < -0.4 is 11.1 Å². The van der Waals surface area contributed by atoms with Crippen molar-refractivity contribution in [1.29, 1.82) is 0 Å². The zero-order valence-corrected chi connectivity index (χ0v) is 11.8. The highest BCUT2D eigenvalue weighted by atomic mass is 35.5. The van der Waals surface area contributed by atoms with E-state index in [9.17, 15) is 4.79 Å². The van der Waals surface area contributed by atoms with Crippen LogP contribution in [0.3, 0.4) is 0 Å². The molecule has 0 aliphatic rings. The van der Waals surface area contributed by atoms with Crippen LogP contribution in [0.1, 0.15) is 18.2 Å². The number of nitrogens with one attached hydrogen (secondary N) is 1. The molecule has 0 aromatic carbocycles. The summed E-state index contributed by atoms with van der Waals surface area (Å²) in [6.07, 6.45) is 2.75. The molecule has 0 saturated carbocycles. The average molecular weight is 277 g/mol. The Morgan fingerprint density at radius 1 is 1.67 bits per heavy atom. The van der Waals surface area contributed by atoms with Gasteiger partial charge >= 0.3 is 0 Å². The maximum absolute atomic E-state index is 11.6. The average Bonchev–Trinajstić information content (AvgIpc) is 2.66. The van der Waals surface area contributed by atoms with Crippen molar-refractivity contribution < 1.29 is 9.53 Å². The Bertz CT molecular complexity index is 381. The fourth-order valence-corrected chi connectivity index (χ4v) is 1.60. The van der Waals surface area contributed by atoms with Crippen molar-refractivity contribution in [2.45, 2.75) is 25.9 Å². The predicted octanol–water partition coefficient (Wildman–Crippen LogP) is -0.00580. The van der Waals surface area contributed by atoms with E-state index in [1.165, 1.54) is 7.11 Å². The van der Waals surface area contributed by atoms with Gasteiger partial charge in [-0.15, -0.1) is 12.4 Å². The lowest BCUT2D eigenvalue weighted by atomic mass is 10.2. The van der Waals surface area contributed by atoms with Crippen molar-refractivity contribution in [2.75, 3.05) is 13.7 Å². The Hall–Kier alpha value is -1.11. The molecule has 3 N–H and O–H groups in total. The number of nitrogens with zero attached hydrogens (tertiary/aromatic N) is 2. The molecule has 0 saturated heterocycles. The molecule has 0 fully saturated rings. The summed E-state index contributed by atoms with van der Waals surface area (Å²) in [4.78, 5) is 11.6. The summed E-state index contributed by atoms with van der Waals surface area (Å²) >= 11 is 0. The number of aromatic nitrogens is 2. The van der Waals surface area contributed by atoms with Gasteiger partial charge in [-0.05, 0) is 6.42 Å². The van der Waals surface area contributed by atoms with Crippen molar-refractivity contribution in [3.8, 4) is 0 Å². The molecule has 1 aromatic heterocycles. The van der Waals surface area contributed by atoms with E-state index in [-0.39, 0.29) is 24.9 Å². The number of nitrogens with two attached hydrogens (primary N) is 1. The lowest BCUT2D eigenvalue weighted by Gasteiger charge is -2.10. The molecule has 1 unspecified atom stereocenters. The van der Waals surface area contributed by atoms with Crippen LogP contribution >= 0.6 is 12.4 Å². The highest BCUT2D eigenvalue weighted by molar-refractivity contribution is 5.85. The number of hydrogen-bond acceptors (Lipinski definition) is 4. The summed E-state index contributed by atoms with van der Waals surface area (Å²) in [7, 11) is 3.38. The Morgan fingerprint density at radius 3 is 2.89 bits per heavy atom. The molecule has 6 nitrogen and oxygen atoms in total. The van der Waals surface area contributed by atoms with E-state index in [0.717, 1.165) is 17.7 Å². The van der Waals surface area contributed by atoms with Gasteiger partial charge in [-0.2, -0.15) is 5.10 Å². The van der Waals surface area contributed by atoms with Crippen molar-refractivity contribution in [2.24, 2.45) is 12.8 Å². The summed E-state index contributed by atoms with van der Waals surface area (Å²) in [5, 5.41) is 7.07. The summed E-state index contributed by atoms with van der Waals surface area (Å²) in [5.74, 6) is -0.210. The van der Waals surface area contributed by atoms with E-state index in [1.54, 1.807) is 4.68 Å². The molecule has 7 heteroatoms. The highest BCUT2D eigenvalue weighted by Gasteiger charge is 2.13. The zero-order valence-electron chi connectivity index (χ0n) is 11.0. The molecule has 0 aliphatic heterocycles. The van der Waals surface area contributed by atoms with Crippen LogP contribution in [0.25, 0.3) is 0 Å². The fraction of sp³-hybridized carbons (Fsp3) is 0.636. The van der Waals surface area contributed by atoms with Crippen LogP contribution in [0, 0.1) is 0 Å². The SMILES string of the molecule is CCc1nn(C)cc1CNC(=O)C(N)COC.Cl. The van der Waals surface area contributed by atoms with E-state index in [0.29, 0.717) is 6.54 Å². The number of halogens is 1. The first-order valence-electron chi connectivity index (χ1n) is 5.62. The predicted molar refractivity (Wildman–Crippen MR) is 71.5 cm³/mol. The molecular weight excluding hydrogens is 256 g/mol. The third-order valence-corrected chi connectivity index (χ3v) is 2.46. The zero-order chi connectivity index (χ0) is 12.8. The number of hydrogen-bond donors (Lipinski definition) is 2. The van der Waals surface area contributed by atoms with Gasteiger partial charge < -0.3 is 15.8 Å². The topological polar surface area (TPSA) is 82.2 Å². The maximum atomic E-state index is 11.6.